The lowest BCUT2D eigenvalue weighted by Crippen LogP contribution is -2.43. The monoisotopic (exact) mass is 490 g/mol. The van der Waals surface area contributed by atoms with E-state index in [0.29, 0.717) is 33.7 Å². The minimum Gasteiger partial charge on any atom is -0.327 e. The zero-order chi connectivity index (χ0) is 20.4. The van der Waals surface area contributed by atoms with Gasteiger partial charge in [0.1, 0.15) is 11.0 Å². The summed E-state index contributed by atoms with van der Waals surface area (Å²) in [7, 11) is 0. The van der Waals surface area contributed by atoms with Crippen molar-refractivity contribution in [2.45, 2.75) is 18.9 Å². The van der Waals surface area contributed by atoms with Crippen LogP contribution in [0.1, 0.15) is 23.2 Å². The van der Waals surface area contributed by atoms with E-state index in [0.717, 1.165) is 16.5 Å². The summed E-state index contributed by atoms with van der Waals surface area (Å²) in [5, 5.41) is 12.5. The maximum absolute atomic E-state index is 12.9. The Morgan fingerprint density at radius 1 is 1.14 bits per heavy atom. The fourth-order valence-corrected chi connectivity index (χ4v) is 4.48. The molecular formula is C20H16BrClN4O2S. The number of carbonyl (C=O) groups excluding carboxylic acids is 2. The smallest absolute Gasteiger partial charge is 0.256 e. The lowest BCUT2D eigenvalue weighted by atomic mass is 10.1. The number of hydrogen-bond acceptors (Lipinski definition) is 5. The molecule has 0 spiro atoms. The number of rotatable bonds is 4. The predicted octanol–water partition coefficient (Wildman–Crippen LogP) is 4.86. The Bertz CT molecular complexity index is 1060. The fraction of sp³-hybridized carbons (Fsp3) is 0.200. The van der Waals surface area contributed by atoms with Crippen molar-refractivity contribution in [3.8, 4) is 10.6 Å². The molecule has 9 heteroatoms. The lowest BCUT2D eigenvalue weighted by Gasteiger charge is -2.24. The Morgan fingerprint density at radius 3 is 2.66 bits per heavy atom. The first kappa shape index (κ1) is 20.0. The number of halogens is 2. The third-order valence-corrected chi connectivity index (χ3v) is 6.41. The molecular weight excluding hydrogens is 476 g/mol. The molecule has 3 aromatic rings. The van der Waals surface area contributed by atoms with Gasteiger partial charge in [0.15, 0.2) is 0 Å². The van der Waals surface area contributed by atoms with Crippen LogP contribution in [0.3, 0.4) is 0 Å². The van der Waals surface area contributed by atoms with Crippen molar-refractivity contribution in [3.05, 3.63) is 63.6 Å². The van der Waals surface area contributed by atoms with Crippen molar-refractivity contribution in [2.75, 3.05) is 11.9 Å². The molecule has 148 valence electrons. The van der Waals surface area contributed by atoms with Crippen molar-refractivity contribution in [3.63, 3.8) is 0 Å². The molecule has 1 aliphatic heterocycles. The first-order valence-electron chi connectivity index (χ1n) is 8.99. The largest absolute Gasteiger partial charge is 0.327 e. The second-order valence-corrected chi connectivity index (χ2v) is 8.85. The molecule has 29 heavy (non-hydrogen) atoms. The molecule has 1 aromatic heterocycles. The summed E-state index contributed by atoms with van der Waals surface area (Å²) in [6.45, 7) is 0.516. The van der Waals surface area contributed by atoms with Crippen molar-refractivity contribution in [1.29, 1.82) is 0 Å². The van der Waals surface area contributed by atoms with Crippen LogP contribution in [0.5, 0.6) is 0 Å². The highest BCUT2D eigenvalue weighted by molar-refractivity contribution is 9.10. The quantitative estimate of drug-likeness (QED) is 0.565. The number of hydrogen-bond donors (Lipinski definition) is 1. The Balaban J connectivity index is 1.47. The highest BCUT2D eigenvalue weighted by Gasteiger charge is 2.35. The summed E-state index contributed by atoms with van der Waals surface area (Å²) >= 11 is 10.9. The van der Waals surface area contributed by atoms with Gasteiger partial charge in [-0.1, -0.05) is 63.1 Å². The molecule has 0 radical (unpaired) electrons. The van der Waals surface area contributed by atoms with Crippen molar-refractivity contribution < 1.29 is 9.59 Å². The second-order valence-electron chi connectivity index (χ2n) is 6.54. The number of likely N-dealkylation sites (tertiary alicyclic amines) is 1. The number of nitrogens with one attached hydrogen (secondary N) is 1. The van der Waals surface area contributed by atoms with Crippen molar-refractivity contribution >= 4 is 55.8 Å². The molecule has 1 saturated heterocycles. The third-order valence-electron chi connectivity index (χ3n) is 4.67. The molecule has 0 saturated carbocycles. The summed E-state index contributed by atoms with van der Waals surface area (Å²) in [5.74, 6) is -0.498. The van der Waals surface area contributed by atoms with Gasteiger partial charge in [-0.3, -0.25) is 14.9 Å². The van der Waals surface area contributed by atoms with Gasteiger partial charge in [0.25, 0.3) is 5.91 Å². The highest BCUT2D eigenvalue weighted by atomic mass is 79.9. The molecule has 4 rings (SSSR count). The van der Waals surface area contributed by atoms with Crippen LogP contribution in [0, 0.1) is 0 Å². The Kier molecular flexibility index (Phi) is 5.94. The van der Waals surface area contributed by atoms with E-state index < -0.39 is 6.04 Å². The van der Waals surface area contributed by atoms with Gasteiger partial charge in [0.2, 0.25) is 11.0 Å². The average Bonchev–Trinajstić information content (AvgIpc) is 3.38. The molecule has 1 N–H and O–H groups in total. The van der Waals surface area contributed by atoms with E-state index in [2.05, 4.69) is 31.4 Å². The maximum Gasteiger partial charge on any atom is 0.256 e. The Hall–Kier alpha value is -2.29. The third kappa shape index (κ3) is 4.34. The zero-order valence-electron chi connectivity index (χ0n) is 15.1. The Morgan fingerprint density at radius 2 is 1.90 bits per heavy atom. The Labute approximate surface area is 185 Å². The number of amides is 2. The van der Waals surface area contributed by atoms with Crippen LogP contribution in [-0.2, 0) is 4.79 Å². The van der Waals surface area contributed by atoms with Crippen LogP contribution in [-0.4, -0.2) is 39.5 Å². The topological polar surface area (TPSA) is 75.2 Å². The van der Waals surface area contributed by atoms with Crippen LogP contribution < -0.4 is 5.32 Å². The minimum atomic E-state index is -0.557. The summed E-state index contributed by atoms with van der Waals surface area (Å²) < 4.78 is 0.976. The number of aromatic nitrogens is 2. The summed E-state index contributed by atoms with van der Waals surface area (Å²) in [4.78, 5) is 27.3. The van der Waals surface area contributed by atoms with Gasteiger partial charge in [-0.05, 0) is 37.1 Å². The number of benzene rings is 2. The van der Waals surface area contributed by atoms with Crippen LogP contribution in [0.4, 0.5) is 5.13 Å². The van der Waals surface area contributed by atoms with E-state index in [1.54, 1.807) is 29.2 Å². The predicted molar refractivity (Wildman–Crippen MR) is 117 cm³/mol. The SMILES string of the molecule is O=C(Nc1nnc(-c2ccc(Br)cc2)s1)C1CCCN1C(=O)c1ccccc1Cl. The van der Waals surface area contributed by atoms with Crippen LogP contribution in [0.15, 0.2) is 53.0 Å². The van der Waals surface area contributed by atoms with Gasteiger partial charge in [-0.15, -0.1) is 10.2 Å². The summed E-state index contributed by atoms with van der Waals surface area (Å²) in [5.41, 5.74) is 1.32. The standard InChI is InChI=1S/C20H16BrClN4O2S/c21-13-9-7-12(8-10-13)18-24-25-20(29-18)23-17(27)16-6-3-11-26(16)19(28)14-4-1-2-5-15(14)22/h1-2,4-5,7-10,16H,3,6,11H2,(H,23,25,27). The fourth-order valence-electron chi connectivity index (χ4n) is 3.24. The van der Waals surface area contributed by atoms with Crippen molar-refractivity contribution in [1.82, 2.24) is 15.1 Å². The van der Waals surface area contributed by atoms with E-state index >= 15 is 0 Å². The highest BCUT2D eigenvalue weighted by Crippen LogP contribution is 2.29. The molecule has 6 nitrogen and oxygen atoms in total. The maximum atomic E-state index is 12.9. The molecule has 0 bridgehead atoms. The van der Waals surface area contributed by atoms with E-state index in [4.69, 9.17) is 11.6 Å². The second kappa shape index (κ2) is 8.61. The lowest BCUT2D eigenvalue weighted by molar-refractivity contribution is -0.119. The molecule has 1 unspecified atom stereocenters. The van der Waals surface area contributed by atoms with Gasteiger partial charge in [-0.2, -0.15) is 0 Å². The normalized spacial score (nSPS) is 16.1. The number of anilines is 1. The summed E-state index contributed by atoms with van der Waals surface area (Å²) in [6.07, 6.45) is 1.36. The van der Waals surface area contributed by atoms with Gasteiger partial charge < -0.3 is 4.90 Å². The molecule has 1 aliphatic rings. The van der Waals surface area contributed by atoms with Crippen LogP contribution >= 0.6 is 38.9 Å². The van der Waals surface area contributed by atoms with Gasteiger partial charge in [0.05, 0.1) is 10.6 Å². The number of nitrogens with zero attached hydrogens (tertiary/aromatic N) is 3. The molecule has 1 atom stereocenters. The molecule has 2 heterocycles. The van der Waals surface area contributed by atoms with Crippen molar-refractivity contribution in [2.24, 2.45) is 0 Å². The van der Waals surface area contributed by atoms with E-state index in [9.17, 15) is 9.59 Å². The van der Waals surface area contributed by atoms with Crippen LogP contribution in [0.2, 0.25) is 5.02 Å². The van der Waals surface area contributed by atoms with Gasteiger partial charge in [-0.25, -0.2) is 0 Å². The minimum absolute atomic E-state index is 0.235. The molecule has 0 aliphatic carbocycles. The average molecular weight is 492 g/mol. The van der Waals surface area contributed by atoms with E-state index in [1.807, 2.05) is 24.3 Å². The zero-order valence-corrected chi connectivity index (χ0v) is 18.3. The first-order chi connectivity index (χ1) is 14.0. The first-order valence-corrected chi connectivity index (χ1v) is 11.0. The van der Waals surface area contributed by atoms with E-state index in [1.165, 1.54) is 11.3 Å². The van der Waals surface area contributed by atoms with Gasteiger partial charge in [0, 0.05) is 16.6 Å². The van der Waals surface area contributed by atoms with E-state index in [-0.39, 0.29) is 11.8 Å². The number of carbonyl (C=O) groups is 2. The molecule has 2 aromatic carbocycles. The van der Waals surface area contributed by atoms with Crippen LogP contribution in [0.25, 0.3) is 10.6 Å². The van der Waals surface area contributed by atoms with Gasteiger partial charge >= 0.3 is 0 Å². The molecule has 2 amide bonds. The summed E-state index contributed by atoms with van der Waals surface area (Å²) in [6, 6.07) is 14.0. The molecule has 1 fully saturated rings.